The van der Waals surface area contributed by atoms with E-state index in [1.165, 1.54) is 25.2 Å². The molecule has 1 saturated heterocycles. The Hall–Kier alpha value is -4.95. The fraction of sp³-hybridized carbons (Fsp3) is 0.250. The summed E-state index contributed by atoms with van der Waals surface area (Å²) >= 11 is 1.42. The van der Waals surface area contributed by atoms with Crippen molar-refractivity contribution in [3.63, 3.8) is 0 Å². The number of carboxylic acid groups (broad SMARTS) is 2. The number of benzene rings is 3. The maximum absolute atomic E-state index is 13.4. The zero-order chi connectivity index (χ0) is 33.5. The summed E-state index contributed by atoms with van der Waals surface area (Å²) in [5.41, 5.74) is 2.47. The monoisotopic (exact) mass is 657 g/mol. The molecule has 0 aliphatic carbocycles. The number of carbonyl (C=O) groups is 3. The van der Waals surface area contributed by atoms with Gasteiger partial charge in [0.15, 0.2) is 5.60 Å². The number of rotatable bonds is 8. The number of hydrogen-bond acceptors (Lipinski definition) is 8. The topological polar surface area (TPSA) is 138 Å². The van der Waals surface area contributed by atoms with Crippen LogP contribution in [0.5, 0.6) is 5.75 Å². The van der Waals surface area contributed by atoms with Crippen LogP contribution < -0.4 is 15.0 Å². The Morgan fingerprint density at radius 1 is 0.870 bits per heavy atom. The van der Waals surface area contributed by atoms with E-state index in [0.29, 0.717) is 35.4 Å². The van der Waals surface area contributed by atoms with E-state index >= 15 is 0 Å². The van der Waals surface area contributed by atoms with E-state index in [2.05, 4.69) is 10.2 Å². The van der Waals surface area contributed by atoms with Gasteiger partial charge in [0, 0.05) is 30.0 Å². The zero-order valence-corrected chi connectivity index (χ0v) is 25.5. The van der Waals surface area contributed by atoms with E-state index in [0.717, 1.165) is 34.8 Å². The lowest BCUT2D eigenvalue weighted by atomic mass is 10.1. The molecule has 10 nitrogen and oxygen atoms in total. The van der Waals surface area contributed by atoms with Crippen LogP contribution in [0.25, 0.3) is 21.0 Å². The fourth-order valence-corrected chi connectivity index (χ4v) is 5.23. The number of thiazole rings is 1. The van der Waals surface area contributed by atoms with Gasteiger partial charge in [0.25, 0.3) is 5.91 Å². The average molecular weight is 658 g/mol. The molecule has 0 saturated carbocycles. The van der Waals surface area contributed by atoms with Crippen LogP contribution in [0.2, 0.25) is 0 Å². The minimum absolute atomic E-state index is 0.293. The third-order valence-corrected chi connectivity index (χ3v) is 7.76. The van der Waals surface area contributed by atoms with Crippen LogP contribution in [0.15, 0.2) is 78.9 Å². The number of carboxylic acids is 2. The summed E-state index contributed by atoms with van der Waals surface area (Å²) in [5.74, 6) is -3.67. The number of alkyl halides is 3. The van der Waals surface area contributed by atoms with Gasteiger partial charge >= 0.3 is 18.1 Å². The molecule has 0 spiro atoms. The smallest absolute Gasteiger partial charge is 0.478 e. The Kier molecular flexibility index (Phi) is 10.6. The van der Waals surface area contributed by atoms with Crippen molar-refractivity contribution >= 4 is 40.6 Å². The van der Waals surface area contributed by atoms with Gasteiger partial charge in [-0.25, -0.2) is 14.6 Å². The van der Waals surface area contributed by atoms with Crippen molar-refractivity contribution in [2.24, 2.45) is 0 Å². The highest BCUT2D eigenvalue weighted by atomic mass is 32.1. The van der Waals surface area contributed by atoms with Crippen molar-refractivity contribution in [3.05, 3.63) is 84.6 Å². The Balaban J connectivity index is 0.000000617. The lowest BCUT2D eigenvalue weighted by Gasteiger charge is -2.28. The number of aromatic nitrogens is 1. The summed E-state index contributed by atoms with van der Waals surface area (Å²) in [4.78, 5) is 41.5. The van der Waals surface area contributed by atoms with Gasteiger partial charge in [-0.05, 0) is 67.9 Å². The standard InChI is InChI=1S/C30H29N3O5S.C2HF3O2/c1-30(2,29(35)36)38-24-14-8-21(9-15-24)28-32-25(26(39-28)20-6-4-3-5-7-20)27(34)31-22-10-12-23(13-11-22)33-16-18-37-19-17-33;3-2(4,5)1(6)7/h3-15H,16-19H2,1-2H3,(H,31,34)(H,35,36);(H,6,7). The summed E-state index contributed by atoms with van der Waals surface area (Å²) in [6, 6.07) is 24.5. The van der Waals surface area contributed by atoms with Gasteiger partial charge in [0.05, 0.1) is 18.1 Å². The van der Waals surface area contributed by atoms with Crippen molar-refractivity contribution < 1.29 is 47.2 Å². The second-order valence-corrected chi connectivity index (χ2v) is 11.4. The highest BCUT2D eigenvalue weighted by Crippen LogP contribution is 2.37. The van der Waals surface area contributed by atoms with E-state index in [-0.39, 0.29) is 5.91 Å². The molecule has 1 aliphatic heterocycles. The van der Waals surface area contributed by atoms with E-state index in [9.17, 15) is 27.9 Å². The number of halogens is 3. The Morgan fingerprint density at radius 2 is 1.46 bits per heavy atom. The predicted molar refractivity (Wildman–Crippen MR) is 166 cm³/mol. The summed E-state index contributed by atoms with van der Waals surface area (Å²) in [7, 11) is 0. The van der Waals surface area contributed by atoms with Crippen LogP contribution >= 0.6 is 11.3 Å². The maximum atomic E-state index is 13.4. The summed E-state index contributed by atoms with van der Waals surface area (Å²) in [5, 5.41) is 20.1. The van der Waals surface area contributed by atoms with E-state index in [1.54, 1.807) is 12.1 Å². The molecule has 2 heterocycles. The number of hydrogen-bond donors (Lipinski definition) is 3. The number of nitrogens with zero attached hydrogens (tertiary/aromatic N) is 2. The van der Waals surface area contributed by atoms with Crippen molar-refractivity contribution in [1.29, 1.82) is 0 Å². The summed E-state index contributed by atoms with van der Waals surface area (Å²) < 4.78 is 42.8. The largest absolute Gasteiger partial charge is 0.490 e. The second kappa shape index (κ2) is 14.4. The first-order valence-electron chi connectivity index (χ1n) is 13.9. The Labute approximate surface area is 266 Å². The van der Waals surface area contributed by atoms with Gasteiger partial charge in [-0.15, -0.1) is 11.3 Å². The molecule has 14 heteroatoms. The van der Waals surface area contributed by atoms with Gasteiger partial charge in [-0.2, -0.15) is 13.2 Å². The molecule has 1 amide bonds. The molecule has 0 unspecified atom stereocenters. The minimum atomic E-state index is -5.08. The molecule has 1 aromatic heterocycles. The molecular formula is C32H30F3N3O7S. The highest BCUT2D eigenvalue weighted by molar-refractivity contribution is 7.18. The number of anilines is 2. The Bertz CT molecular complexity index is 1650. The summed E-state index contributed by atoms with van der Waals surface area (Å²) in [6.07, 6.45) is -5.08. The van der Waals surface area contributed by atoms with Gasteiger partial charge < -0.3 is 29.9 Å². The van der Waals surface area contributed by atoms with Crippen LogP contribution in [0.4, 0.5) is 24.5 Å². The zero-order valence-electron chi connectivity index (χ0n) is 24.7. The average Bonchev–Trinajstić information content (AvgIpc) is 3.48. The third kappa shape index (κ3) is 8.82. The first-order chi connectivity index (χ1) is 21.7. The van der Waals surface area contributed by atoms with Crippen LogP contribution in [-0.4, -0.2) is 71.1 Å². The first-order valence-corrected chi connectivity index (χ1v) is 14.7. The molecule has 4 aromatic rings. The normalized spacial score (nSPS) is 13.3. The molecule has 3 aromatic carbocycles. The van der Waals surface area contributed by atoms with Crippen LogP contribution in [0, 0.1) is 0 Å². The maximum Gasteiger partial charge on any atom is 0.490 e. The van der Waals surface area contributed by atoms with E-state index in [1.807, 2.05) is 66.7 Å². The van der Waals surface area contributed by atoms with E-state index < -0.39 is 23.7 Å². The van der Waals surface area contributed by atoms with Gasteiger partial charge in [-0.3, -0.25) is 4.79 Å². The molecular weight excluding hydrogens is 627 g/mol. The predicted octanol–water partition coefficient (Wildman–Crippen LogP) is 6.44. The molecule has 0 atom stereocenters. The number of nitrogens with one attached hydrogen (secondary N) is 1. The van der Waals surface area contributed by atoms with Crippen molar-refractivity contribution in [3.8, 4) is 26.8 Å². The van der Waals surface area contributed by atoms with Gasteiger partial charge in [0.2, 0.25) is 0 Å². The molecule has 46 heavy (non-hydrogen) atoms. The number of amides is 1. The molecule has 0 bridgehead atoms. The van der Waals surface area contributed by atoms with Gasteiger partial charge in [0.1, 0.15) is 16.5 Å². The molecule has 0 radical (unpaired) electrons. The quantitative estimate of drug-likeness (QED) is 0.195. The van der Waals surface area contributed by atoms with Crippen LogP contribution in [0.1, 0.15) is 24.3 Å². The Morgan fingerprint density at radius 3 is 2.00 bits per heavy atom. The van der Waals surface area contributed by atoms with Crippen molar-refractivity contribution in [2.45, 2.75) is 25.6 Å². The molecule has 1 aliphatic rings. The minimum Gasteiger partial charge on any atom is -0.478 e. The van der Waals surface area contributed by atoms with E-state index in [4.69, 9.17) is 24.4 Å². The third-order valence-electron chi connectivity index (χ3n) is 6.61. The molecule has 3 N–H and O–H groups in total. The van der Waals surface area contributed by atoms with Crippen LogP contribution in [0.3, 0.4) is 0 Å². The number of carbonyl (C=O) groups excluding carboxylic acids is 1. The lowest BCUT2D eigenvalue weighted by molar-refractivity contribution is -0.192. The fourth-order valence-electron chi connectivity index (χ4n) is 4.15. The highest BCUT2D eigenvalue weighted by Gasteiger charge is 2.38. The molecule has 242 valence electrons. The summed E-state index contributed by atoms with van der Waals surface area (Å²) in [6.45, 7) is 6.11. The molecule has 5 rings (SSSR count). The van der Waals surface area contributed by atoms with Crippen molar-refractivity contribution in [1.82, 2.24) is 4.98 Å². The lowest BCUT2D eigenvalue weighted by Crippen LogP contribution is -2.37. The van der Waals surface area contributed by atoms with Crippen LogP contribution in [-0.2, 0) is 14.3 Å². The number of aliphatic carboxylic acids is 2. The van der Waals surface area contributed by atoms with Crippen molar-refractivity contribution in [2.75, 3.05) is 36.5 Å². The second-order valence-electron chi connectivity index (χ2n) is 10.4. The molecule has 1 fully saturated rings. The number of ether oxygens (including phenoxy) is 2. The first kappa shape index (κ1) is 33.9. The number of morpholine rings is 1. The van der Waals surface area contributed by atoms with Gasteiger partial charge in [-0.1, -0.05) is 30.3 Å². The SMILES string of the molecule is CC(C)(Oc1ccc(-c2nc(C(=O)Nc3ccc(N4CCOCC4)cc3)c(-c3ccccc3)s2)cc1)C(=O)O.O=C(O)C(F)(F)F.